The highest BCUT2D eigenvalue weighted by Crippen LogP contribution is 2.25. The van der Waals surface area contributed by atoms with Crippen LogP contribution < -0.4 is 5.32 Å². The minimum absolute atomic E-state index is 0.824. The molecule has 1 fully saturated rings. The molecule has 1 atom stereocenters. The minimum atomic E-state index is 0.824. The molecule has 1 aliphatic carbocycles. The van der Waals surface area contributed by atoms with Crippen LogP contribution in [0.15, 0.2) is 11.6 Å². The molecule has 1 N–H and O–H groups in total. The molecule has 1 nitrogen and oxygen atoms in total. The zero-order valence-corrected chi connectivity index (χ0v) is 3.57. The SMILES string of the molecule is C1=C2CNC2C1. The smallest absolute Gasteiger partial charge is 0.0329 e. The van der Waals surface area contributed by atoms with Gasteiger partial charge in [0.1, 0.15) is 0 Å². The fraction of sp³-hybridized carbons (Fsp3) is 0.600. The first kappa shape index (κ1) is 2.80. The van der Waals surface area contributed by atoms with Gasteiger partial charge in [0, 0.05) is 12.6 Å². The van der Waals surface area contributed by atoms with Gasteiger partial charge in [-0.1, -0.05) is 6.08 Å². The van der Waals surface area contributed by atoms with Crippen LogP contribution >= 0.6 is 0 Å². The van der Waals surface area contributed by atoms with Gasteiger partial charge in [0.2, 0.25) is 0 Å². The lowest BCUT2D eigenvalue weighted by Crippen LogP contribution is -2.50. The van der Waals surface area contributed by atoms with Crippen LogP contribution in [-0.2, 0) is 0 Å². The first-order valence-corrected chi connectivity index (χ1v) is 2.39. The van der Waals surface area contributed by atoms with Gasteiger partial charge < -0.3 is 5.32 Å². The Hall–Kier alpha value is -0.300. The van der Waals surface area contributed by atoms with E-state index in [2.05, 4.69) is 11.4 Å². The van der Waals surface area contributed by atoms with Crippen LogP contribution in [0.5, 0.6) is 0 Å². The summed E-state index contributed by atoms with van der Waals surface area (Å²) in [6.45, 7) is 1.17. The maximum atomic E-state index is 3.28. The predicted octanol–water partition coefficient (Wildman–Crippen LogP) is 0.288. The van der Waals surface area contributed by atoms with Crippen molar-refractivity contribution in [2.75, 3.05) is 6.54 Å². The molecule has 0 bridgehead atoms. The fourth-order valence-corrected chi connectivity index (χ4v) is 0.922. The lowest BCUT2D eigenvalue weighted by molar-refractivity contribution is 0.446. The Morgan fingerprint density at radius 2 is 2.67 bits per heavy atom. The summed E-state index contributed by atoms with van der Waals surface area (Å²) in [6.07, 6.45) is 3.59. The van der Waals surface area contributed by atoms with Gasteiger partial charge in [-0.2, -0.15) is 0 Å². The molecule has 1 aliphatic heterocycles. The number of rotatable bonds is 0. The molecule has 1 unspecified atom stereocenters. The molecule has 6 heavy (non-hydrogen) atoms. The molecule has 0 aromatic heterocycles. The van der Waals surface area contributed by atoms with Crippen molar-refractivity contribution in [2.45, 2.75) is 12.5 Å². The Bertz CT molecular complexity index is 105. The van der Waals surface area contributed by atoms with Crippen molar-refractivity contribution >= 4 is 0 Å². The molecule has 2 rings (SSSR count). The highest BCUT2D eigenvalue weighted by Gasteiger charge is 2.27. The second kappa shape index (κ2) is 0.684. The molecule has 32 valence electrons. The monoisotopic (exact) mass is 81.1 g/mol. The Morgan fingerprint density at radius 1 is 1.83 bits per heavy atom. The van der Waals surface area contributed by atoms with Crippen molar-refractivity contribution < 1.29 is 0 Å². The Kier molecular flexibility index (Phi) is 0.320. The van der Waals surface area contributed by atoms with Gasteiger partial charge in [-0.05, 0) is 12.0 Å². The number of hydrogen-bond donors (Lipinski definition) is 1. The predicted molar refractivity (Wildman–Crippen MR) is 24.5 cm³/mol. The molecule has 0 spiro atoms. The first-order valence-electron chi connectivity index (χ1n) is 2.39. The Labute approximate surface area is 37.0 Å². The summed E-state index contributed by atoms with van der Waals surface area (Å²) in [5.74, 6) is 0. The Morgan fingerprint density at radius 3 is 2.67 bits per heavy atom. The van der Waals surface area contributed by atoms with Crippen molar-refractivity contribution in [1.82, 2.24) is 5.32 Å². The lowest BCUT2D eigenvalue weighted by Gasteiger charge is -2.38. The van der Waals surface area contributed by atoms with Gasteiger partial charge in [0.15, 0.2) is 0 Å². The van der Waals surface area contributed by atoms with Gasteiger partial charge in [0.25, 0.3) is 0 Å². The van der Waals surface area contributed by atoms with Gasteiger partial charge in [0.05, 0.1) is 0 Å². The van der Waals surface area contributed by atoms with Crippen LogP contribution in [0.2, 0.25) is 0 Å². The molecule has 1 saturated heterocycles. The molecule has 1 heteroatoms. The van der Waals surface area contributed by atoms with Crippen molar-refractivity contribution in [3.05, 3.63) is 11.6 Å². The molecule has 2 aliphatic rings. The third kappa shape index (κ3) is 0.144. The first-order chi connectivity index (χ1) is 2.97. The second-order valence-electron chi connectivity index (χ2n) is 1.95. The van der Waals surface area contributed by atoms with E-state index in [1.54, 1.807) is 5.57 Å². The third-order valence-electron chi connectivity index (χ3n) is 1.62. The number of nitrogens with one attached hydrogen (secondary N) is 1. The molecular weight excluding hydrogens is 74.1 g/mol. The van der Waals surface area contributed by atoms with E-state index in [0.717, 1.165) is 6.04 Å². The van der Waals surface area contributed by atoms with Crippen LogP contribution in [0.3, 0.4) is 0 Å². The molecule has 0 saturated carbocycles. The van der Waals surface area contributed by atoms with E-state index in [1.807, 2.05) is 0 Å². The van der Waals surface area contributed by atoms with Crippen LogP contribution in [0.1, 0.15) is 6.42 Å². The van der Waals surface area contributed by atoms with Crippen LogP contribution in [0.4, 0.5) is 0 Å². The topological polar surface area (TPSA) is 12.0 Å². The molecule has 0 aromatic rings. The van der Waals surface area contributed by atoms with Gasteiger partial charge >= 0.3 is 0 Å². The van der Waals surface area contributed by atoms with E-state index in [-0.39, 0.29) is 0 Å². The van der Waals surface area contributed by atoms with E-state index >= 15 is 0 Å². The average molecular weight is 81.1 g/mol. The molecular formula is C5H7N. The van der Waals surface area contributed by atoms with Crippen molar-refractivity contribution in [1.29, 1.82) is 0 Å². The normalized spacial score (nSPS) is 38.7. The largest absolute Gasteiger partial charge is 0.306 e. The summed E-state index contributed by atoms with van der Waals surface area (Å²) in [4.78, 5) is 0. The summed E-state index contributed by atoms with van der Waals surface area (Å²) in [5.41, 5.74) is 1.63. The van der Waals surface area contributed by atoms with Gasteiger partial charge in [-0.3, -0.25) is 0 Å². The fourth-order valence-electron chi connectivity index (χ4n) is 0.922. The Balaban J connectivity index is 2.30. The van der Waals surface area contributed by atoms with E-state index in [1.165, 1.54) is 13.0 Å². The zero-order valence-electron chi connectivity index (χ0n) is 3.57. The maximum Gasteiger partial charge on any atom is 0.0329 e. The molecule has 0 aromatic carbocycles. The number of fused-ring (bicyclic) bond motifs is 1. The van der Waals surface area contributed by atoms with Crippen molar-refractivity contribution in [3.63, 3.8) is 0 Å². The van der Waals surface area contributed by atoms with Crippen LogP contribution in [-0.4, -0.2) is 12.6 Å². The quantitative estimate of drug-likeness (QED) is 0.413. The second-order valence-corrected chi connectivity index (χ2v) is 1.95. The van der Waals surface area contributed by atoms with Crippen molar-refractivity contribution in [2.24, 2.45) is 0 Å². The summed E-state index contributed by atoms with van der Waals surface area (Å²) in [6, 6.07) is 0.824. The van der Waals surface area contributed by atoms with Crippen LogP contribution in [0, 0.1) is 0 Å². The summed E-state index contributed by atoms with van der Waals surface area (Å²) in [7, 11) is 0. The lowest BCUT2D eigenvalue weighted by atomic mass is 9.85. The van der Waals surface area contributed by atoms with E-state index < -0.39 is 0 Å². The molecule has 0 amide bonds. The molecule has 0 radical (unpaired) electrons. The number of hydrogen-bond acceptors (Lipinski definition) is 1. The van der Waals surface area contributed by atoms with E-state index in [0.29, 0.717) is 0 Å². The third-order valence-corrected chi connectivity index (χ3v) is 1.62. The van der Waals surface area contributed by atoms with Gasteiger partial charge in [-0.25, -0.2) is 0 Å². The molecule has 1 heterocycles. The maximum absolute atomic E-state index is 3.28. The van der Waals surface area contributed by atoms with E-state index in [9.17, 15) is 0 Å². The highest BCUT2D eigenvalue weighted by molar-refractivity contribution is 5.30. The summed E-state index contributed by atoms with van der Waals surface area (Å²) < 4.78 is 0. The summed E-state index contributed by atoms with van der Waals surface area (Å²) in [5, 5.41) is 3.28. The average Bonchev–Trinajstić information content (AvgIpc) is 1.54. The van der Waals surface area contributed by atoms with Gasteiger partial charge in [-0.15, -0.1) is 0 Å². The minimum Gasteiger partial charge on any atom is -0.306 e. The van der Waals surface area contributed by atoms with Crippen LogP contribution in [0.25, 0.3) is 0 Å². The summed E-state index contributed by atoms with van der Waals surface area (Å²) >= 11 is 0. The highest BCUT2D eigenvalue weighted by atomic mass is 15.0. The zero-order chi connectivity index (χ0) is 3.98. The van der Waals surface area contributed by atoms with E-state index in [4.69, 9.17) is 0 Å². The van der Waals surface area contributed by atoms with Crippen molar-refractivity contribution in [3.8, 4) is 0 Å². The standard InChI is InChI=1S/C5H7N/c1-2-5-4(1)3-6-5/h1,5-6H,2-3H2.